The van der Waals surface area contributed by atoms with Gasteiger partial charge in [0, 0.05) is 25.1 Å². The number of aromatic nitrogens is 2. The van der Waals surface area contributed by atoms with Crippen LogP contribution in [0.2, 0.25) is 0 Å². The first-order valence-corrected chi connectivity index (χ1v) is 9.93. The van der Waals surface area contributed by atoms with E-state index in [0.717, 1.165) is 52.3 Å². The third-order valence-corrected chi connectivity index (χ3v) is 5.27. The van der Waals surface area contributed by atoms with Gasteiger partial charge >= 0.3 is 0 Å². The highest BCUT2D eigenvalue weighted by atomic mass is 32.1. The molecule has 1 N–H and O–H groups in total. The number of carbonyl (C=O) groups is 1. The minimum atomic E-state index is -0.0289. The minimum Gasteiger partial charge on any atom is -0.381 e. The van der Waals surface area contributed by atoms with Crippen molar-refractivity contribution in [3.63, 3.8) is 0 Å². The lowest BCUT2D eigenvalue weighted by Crippen LogP contribution is -2.24. The summed E-state index contributed by atoms with van der Waals surface area (Å²) < 4.78 is 7.43. The fraction of sp³-hybridized carbons (Fsp3) is 0.400. The predicted octanol–water partition coefficient (Wildman–Crippen LogP) is 4.33. The second-order valence-electron chi connectivity index (χ2n) is 6.24. The molecule has 0 radical (unpaired) electrons. The number of rotatable bonds is 9. The normalized spacial score (nSPS) is 11.2. The molecule has 5 nitrogen and oxygen atoms in total. The summed E-state index contributed by atoms with van der Waals surface area (Å²) in [7, 11) is 0. The van der Waals surface area contributed by atoms with Crippen LogP contribution in [0.4, 0.5) is 0 Å². The van der Waals surface area contributed by atoms with Crippen molar-refractivity contribution in [3.05, 3.63) is 47.0 Å². The molecule has 138 valence electrons. The third kappa shape index (κ3) is 4.31. The van der Waals surface area contributed by atoms with Gasteiger partial charge in [0.1, 0.15) is 4.83 Å². The molecular formula is C20H25N3O2S. The molecule has 0 saturated heterocycles. The number of unbranched alkanes of at least 4 members (excludes halogenated alkanes) is 1. The minimum absolute atomic E-state index is 0.0289. The van der Waals surface area contributed by atoms with Crippen LogP contribution in [0.5, 0.6) is 0 Å². The van der Waals surface area contributed by atoms with Crippen LogP contribution in [0.3, 0.4) is 0 Å². The Hall–Kier alpha value is -2.18. The van der Waals surface area contributed by atoms with Crippen molar-refractivity contribution in [3.8, 4) is 5.69 Å². The number of amides is 1. The summed E-state index contributed by atoms with van der Waals surface area (Å²) in [5.41, 5.74) is 1.94. The van der Waals surface area contributed by atoms with Crippen molar-refractivity contribution in [1.82, 2.24) is 15.1 Å². The number of hydrogen-bond acceptors (Lipinski definition) is 4. The lowest BCUT2D eigenvalue weighted by molar-refractivity contribution is 0.0944. The zero-order valence-corrected chi connectivity index (χ0v) is 16.1. The van der Waals surface area contributed by atoms with Crippen LogP contribution in [0.1, 0.15) is 41.6 Å². The molecule has 0 unspecified atom stereocenters. The molecule has 2 heterocycles. The predicted molar refractivity (Wildman–Crippen MR) is 106 cm³/mol. The maximum Gasteiger partial charge on any atom is 0.261 e. The van der Waals surface area contributed by atoms with E-state index in [1.165, 1.54) is 11.3 Å². The molecule has 3 aromatic rings. The first-order valence-electron chi connectivity index (χ1n) is 9.11. The fourth-order valence-electron chi connectivity index (χ4n) is 2.72. The summed E-state index contributed by atoms with van der Waals surface area (Å²) >= 11 is 1.48. The van der Waals surface area contributed by atoms with E-state index in [1.54, 1.807) is 0 Å². The van der Waals surface area contributed by atoms with Crippen LogP contribution in [0.25, 0.3) is 15.9 Å². The van der Waals surface area contributed by atoms with Crippen LogP contribution in [-0.2, 0) is 4.74 Å². The molecule has 6 heteroatoms. The molecule has 0 spiro atoms. The lowest BCUT2D eigenvalue weighted by atomic mass is 10.3. The highest BCUT2D eigenvalue weighted by molar-refractivity contribution is 7.20. The van der Waals surface area contributed by atoms with Crippen LogP contribution in [-0.4, -0.2) is 35.4 Å². The molecular weight excluding hydrogens is 346 g/mol. The number of hydrogen-bond donors (Lipinski definition) is 1. The van der Waals surface area contributed by atoms with Crippen LogP contribution >= 0.6 is 11.3 Å². The van der Waals surface area contributed by atoms with Crippen molar-refractivity contribution in [2.24, 2.45) is 0 Å². The van der Waals surface area contributed by atoms with Crippen LogP contribution in [0, 0.1) is 6.92 Å². The number of para-hydroxylation sites is 1. The molecule has 0 aliphatic rings. The van der Waals surface area contributed by atoms with Gasteiger partial charge in [-0.1, -0.05) is 31.5 Å². The Morgan fingerprint density at radius 3 is 2.77 bits per heavy atom. The van der Waals surface area contributed by atoms with Gasteiger partial charge in [0.25, 0.3) is 5.91 Å². The number of thiophene rings is 1. The Balaban J connectivity index is 1.63. The van der Waals surface area contributed by atoms with Gasteiger partial charge in [0.15, 0.2) is 0 Å². The summed E-state index contributed by atoms with van der Waals surface area (Å²) in [5, 5.41) is 8.63. The van der Waals surface area contributed by atoms with E-state index in [-0.39, 0.29) is 5.91 Å². The average molecular weight is 372 g/mol. The lowest BCUT2D eigenvalue weighted by Gasteiger charge is -2.05. The quantitative estimate of drug-likeness (QED) is 0.570. The maximum absolute atomic E-state index is 12.4. The summed E-state index contributed by atoms with van der Waals surface area (Å²) in [6.45, 7) is 6.24. The van der Waals surface area contributed by atoms with Crippen molar-refractivity contribution in [1.29, 1.82) is 0 Å². The van der Waals surface area contributed by atoms with Crippen molar-refractivity contribution in [2.75, 3.05) is 19.8 Å². The van der Waals surface area contributed by atoms with Crippen LogP contribution < -0.4 is 5.32 Å². The fourth-order valence-corrected chi connectivity index (χ4v) is 3.81. The summed E-state index contributed by atoms with van der Waals surface area (Å²) in [6.07, 6.45) is 3.06. The van der Waals surface area contributed by atoms with E-state index < -0.39 is 0 Å². The largest absolute Gasteiger partial charge is 0.381 e. The van der Waals surface area contributed by atoms with Crippen molar-refractivity contribution < 1.29 is 9.53 Å². The van der Waals surface area contributed by atoms with Gasteiger partial charge in [-0.25, -0.2) is 4.68 Å². The SMILES string of the molecule is CCCCOCCCNC(=O)c1cc2c(C)nn(-c3ccccc3)c2s1. The number of nitrogens with one attached hydrogen (secondary N) is 1. The summed E-state index contributed by atoms with van der Waals surface area (Å²) in [6, 6.07) is 11.9. The highest BCUT2D eigenvalue weighted by Crippen LogP contribution is 2.30. The first kappa shape index (κ1) is 18.6. The number of aryl methyl sites for hydroxylation is 1. The molecule has 0 saturated carbocycles. The number of carbonyl (C=O) groups excluding carboxylic acids is 1. The van der Waals surface area contributed by atoms with Gasteiger partial charge in [0.05, 0.1) is 16.3 Å². The molecule has 2 aromatic heterocycles. The maximum atomic E-state index is 12.4. The Labute approximate surface area is 158 Å². The third-order valence-electron chi connectivity index (χ3n) is 4.16. The van der Waals surface area contributed by atoms with E-state index in [1.807, 2.05) is 48.0 Å². The van der Waals surface area contributed by atoms with E-state index in [2.05, 4.69) is 17.3 Å². The first-order chi connectivity index (χ1) is 12.7. The number of benzene rings is 1. The topological polar surface area (TPSA) is 56.1 Å². The Kier molecular flexibility index (Phi) is 6.41. The zero-order valence-electron chi connectivity index (χ0n) is 15.3. The Morgan fingerprint density at radius 2 is 2.00 bits per heavy atom. The van der Waals surface area contributed by atoms with Crippen molar-refractivity contribution >= 4 is 27.5 Å². The monoisotopic (exact) mass is 371 g/mol. The van der Waals surface area contributed by atoms with Gasteiger partial charge in [-0.05, 0) is 38.0 Å². The molecule has 0 bridgehead atoms. The van der Waals surface area contributed by atoms with Crippen LogP contribution in [0.15, 0.2) is 36.4 Å². The van der Waals surface area contributed by atoms with E-state index in [4.69, 9.17) is 4.74 Å². The van der Waals surface area contributed by atoms with Gasteiger partial charge in [-0.2, -0.15) is 5.10 Å². The second-order valence-corrected chi connectivity index (χ2v) is 7.27. The van der Waals surface area contributed by atoms with E-state index >= 15 is 0 Å². The molecule has 0 atom stereocenters. The Morgan fingerprint density at radius 1 is 1.23 bits per heavy atom. The highest BCUT2D eigenvalue weighted by Gasteiger charge is 2.16. The summed E-state index contributed by atoms with van der Waals surface area (Å²) in [4.78, 5) is 14.2. The van der Waals surface area contributed by atoms with E-state index in [0.29, 0.717) is 13.2 Å². The van der Waals surface area contributed by atoms with E-state index in [9.17, 15) is 4.79 Å². The molecule has 3 rings (SSSR count). The standard InChI is InChI=1S/C20H25N3O2S/c1-3-4-12-25-13-8-11-21-19(24)18-14-17-15(2)22-23(20(17)26-18)16-9-6-5-7-10-16/h5-7,9-10,14H,3-4,8,11-13H2,1-2H3,(H,21,24). The molecule has 1 amide bonds. The van der Waals surface area contributed by atoms with Gasteiger partial charge in [-0.15, -0.1) is 11.3 Å². The summed E-state index contributed by atoms with van der Waals surface area (Å²) in [5.74, 6) is -0.0289. The number of fused-ring (bicyclic) bond motifs is 1. The average Bonchev–Trinajstić information content (AvgIpc) is 3.22. The molecule has 0 aliphatic heterocycles. The Bertz CT molecular complexity index is 855. The molecule has 0 fully saturated rings. The van der Waals surface area contributed by atoms with Gasteiger partial charge in [0.2, 0.25) is 0 Å². The number of ether oxygens (including phenoxy) is 1. The smallest absolute Gasteiger partial charge is 0.261 e. The second kappa shape index (κ2) is 8.96. The molecule has 0 aliphatic carbocycles. The zero-order chi connectivity index (χ0) is 18.4. The van der Waals surface area contributed by atoms with Gasteiger partial charge < -0.3 is 10.1 Å². The molecule has 26 heavy (non-hydrogen) atoms. The van der Waals surface area contributed by atoms with Gasteiger partial charge in [-0.3, -0.25) is 4.79 Å². The number of nitrogens with zero attached hydrogens (tertiary/aromatic N) is 2. The van der Waals surface area contributed by atoms with Crippen molar-refractivity contribution in [2.45, 2.75) is 33.1 Å². The molecule has 1 aromatic carbocycles.